The molecular weight excluding hydrogens is 378 g/mol. The van der Waals surface area contributed by atoms with Gasteiger partial charge in [-0.05, 0) is 79.3 Å². The van der Waals surface area contributed by atoms with E-state index in [-0.39, 0.29) is 6.04 Å². The number of halogens is 2. The Morgan fingerprint density at radius 3 is 1.70 bits per heavy atom. The van der Waals surface area contributed by atoms with Crippen LogP contribution in [0.15, 0.2) is 33.2 Å². The van der Waals surface area contributed by atoms with Crippen LogP contribution in [0.25, 0.3) is 0 Å². The Labute approximate surface area is 137 Å². The van der Waals surface area contributed by atoms with Gasteiger partial charge in [-0.25, -0.2) is 0 Å². The van der Waals surface area contributed by atoms with Gasteiger partial charge in [-0.15, -0.1) is 0 Å². The van der Waals surface area contributed by atoms with Crippen molar-refractivity contribution in [3.63, 3.8) is 0 Å². The first-order valence-electron chi connectivity index (χ1n) is 6.60. The van der Waals surface area contributed by atoms with Crippen LogP contribution in [0.5, 0.6) is 0 Å². The summed E-state index contributed by atoms with van der Waals surface area (Å²) < 4.78 is 2.08. The molecule has 0 heterocycles. The molecule has 2 N–H and O–H groups in total. The van der Waals surface area contributed by atoms with Gasteiger partial charge in [0.05, 0.1) is 6.04 Å². The number of nitrogens with two attached hydrogens (primary N) is 1. The molecular formula is C17H19Br2N. The van der Waals surface area contributed by atoms with E-state index in [4.69, 9.17) is 5.73 Å². The number of aryl methyl sites for hydroxylation is 2. The minimum absolute atomic E-state index is 0.109. The van der Waals surface area contributed by atoms with E-state index in [0.29, 0.717) is 0 Å². The van der Waals surface area contributed by atoms with Crippen molar-refractivity contribution in [1.82, 2.24) is 0 Å². The van der Waals surface area contributed by atoms with Crippen LogP contribution in [0.3, 0.4) is 0 Å². The molecule has 0 spiro atoms. The molecule has 0 fully saturated rings. The van der Waals surface area contributed by atoms with E-state index in [9.17, 15) is 0 Å². The van der Waals surface area contributed by atoms with Gasteiger partial charge in [0.1, 0.15) is 0 Å². The summed E-state index contributed by atoms with van der Waals surface area (Å²) >= 11 is 7.07. The maximum Gasteiger partial charge on any atom is 0.0557 e. The molecule has 106 valence electrons. The van der Waals surface area contributed by atoms with E-state index >= 15 is 0 Å². The van der Waals surface area contributed by atoms with Crippen LogP contribution in [0.2, 0.25) is 0 Å². The van der Waals surface area contributed by atoms with E-state index in [1.165, 1.54) is 27.8 Å². The van der Waals surface area contributed by atoms with Crippen molar-refractivity contribution in [2.24, 2.45) is 5.73 Å². The Morgan fingerprint density at radius 1 is 0.800 bits per heavy atom. The van der Waals surface area contributed by atoms with Crippen molar-refractivity contribution >= 4 is 31.9 Å². The molecule has 0 aromatic heterocycles. The second-order valence-electron chi connectivity index (χ2n) is 5.35. The molecule has 20 heavy (non-hydrogen) atoms. The van der Waals surface area contributed by atoms with Crippen LogP contribution in [0.1, 0.15) is 39.4 Å². The van der Waals surface area contributed by atoms with Gasteiger partial charge in [-0.2, -0.15) is 0 Å². The highest BCUT2D eigenvalue weighted by atomic mass is 79.9. The highest BCUT2D eigenvalue weighted by molar-refractivity contribution is 9.11. The molecule has 1 atom stereocenters. The van der Waals surface area contributed by atoms with Gasteiger partial charge in [-0.3, -0.25) is 0 Å². The summed E-state index contributed by atoms with van der Waals surface area (Å²) in [6.07, 6.45) is 0. The lowest BCUT2D eigenvalue weighted by molar-refractivity contribution is 0.844. The molecule has 0 amide bonds. The maximum absolute atomic E-state index is 6.55. The molecule has 3 heteroatoms. The van der Waals surface area contributed by atoms with Gasteiger partial charge >= 0.3 is 0 Å². The molecule has 0 aliphatic carbocycles. The normalized spacial score (nSPS) is 12.6. The first-order chi connectivity index (χ1) is 9.31. The van der Waals surface area contributed by atoms with Gasteiger partial charge in [0.2, 0.25) is 0 Å². The highest BCUT2D eigenvalue weighted by Crippen LogP contribution is 2.32. The van der Waals surface area contributed by atoms with Crippen molar-refractivity contribution in [3.8, 4) is 0 Å². The second kappa shape index (κ2) is 6.00. The second-order valence-corrected chi connectivity index (χ2v) is 7.19. The topological polar surface area (TPSA) is 26.0 Å². The molecule has 0 aliphatic rings. The average Bonchev–Trinajstić information content (AvgIpc) is 2.35. The Morgan fingerprint density at radius 2 is 1.25 bits per heavy atom. The third-order valence-corrected chi connectivity index (χ3v) is 4.89. The standard InChI is InChI=1S/C17H19Br2N/c1-9-5-10(2)12(4)16(11(9)3)17(20)13-6-14(18)8-15(19)7-13/h5-8,17H,20H2,1-4H3. The minimum atomic E-state index is -0.109. The van der Waals surface area contributed by atoms with Gasteiger partial charge < -0.3 is 5.73 Å². The predicted octanol–water partition coefficient (Wildman–Crippen LogP) is 5.49. The fourth-order valence-corrected chi connectivity index (χ4v) is 3.96. The SMILES string of the molecule is Cc1cc(C)c(C)c(C(N)c2cc(Br)cc(Br)c2)c1C. The molecule has 0 saturated carbocycles. The number of hydrogen-bond donors (Lipinski definition) is 1. The zero-order valence-electron chi connectivity index (χ0n) is 12.2. The smallest absolute Gasteiger partial charge is 0.0557 e. The van der Waals surface area contributed by atoms with E-state index in [2.05, 4.69) is 77.8 Å². The molecule has 2 aromatic carbocycles. The molecule has 0 radical (unpaired) electrons. The van der Waals surface area contributed by atoms with E-state index < -0.39 is 0 Å². The maximum atomic E-state index is 6.55. The lowest BCUT2D eigenvalue weighted by Crippen LogP contribution is -2.16. The third kappa shape index (κ3) is 3.00. The summed E-state index contributed by atoms with van der Waals surface area (Å²) in [6.45, 7) is 8.61. The van der Waals surface area contributed by atoms with Crippen molar-refractivity contribution in [2.75, 3.05) is 0 Å². The van der Waals surface area contributed by atoms with Gasteiger partial charge in [0.25, 0.3) is 0 Å². The van der Waals surface area contributed by atoms with E-state index in [0.717, 1.165) is 14.5 Å². The lowest BCUT2D eigenvalue weighted by atomic mass is 9.87. The van der Waals surface area contributed by atoms with Crippen molar-refractivity contribution < 1.29 is 0 Å². The van der Waals surface area contributed by atoms with Crippen molar-refractivity contribution in [1.29, 1.82) is 0 Å². The van der Waals surface area contributed by atoms with Crippen LogP contribution < -0.4 is 5.73 Å². The highest BCUT2D eigenvalue weighted by Gasteiger charge is 2.17. The summed E-state index contributed by atoms with van der Waals surface area (Å²) in [7, 11) is 0. The molecule has 2 rings (SSSR count). The van der Waals surface area contributed by atoms with Gasteiger partial charge in [0, 0.05) is 8.95 Å². The molecule has 0 bridgehead atoms. The zero-order valence-corrected chi connectivity index (χ0v) is 15.4. The lowest BCUT2D eigenvalue weighted by Gasteiger charge is -2.22. The van der Waals surface area contributed by atoms with Crippen LogP contribution in [-0.4, -0.2) is 0 Å². The quantitative estimate of drug-likeness (QED) is 0.713. The molecule has 1 nitrogen and oxygen atoms in total. The Hall–Kier alpha value is -0.640. The largest absolute Gasteiger partial charge is 0.320 e. The molecule has 1 unspecified atom stereocenters. The molecule has 0 saturated heterocycles. The van der Waals surface area contributed by atoms with Crippen LogP contribution >= 0.6 is 31.9 Å². The molecule has 0 aliphatic heterocycles. The Balaban J connectivity index is 2.61. The fourth-order valence-electron chi connectivity index (χ4n) is 2.64. The monoisotopic (exact) mass is 395 g/mol. The third-order valence-electron chi connectivity index (χ3n) is 3.98. The number of hydrogen-bond acceptors (Lipinski definition) is 1. The first-order valence-corrected chi connectivity index (χ1v) is 8.18. The van der Waals surface area contributed by atoms with E-state index in [1.807, 2.05) is 6.07 Å². The van der Waals surface area contributed by atoms with Crippen molar-refractivity contribution in [3.05, 3.63) is 66.6 Å². The summed E-state index contributed by atoms with van der Waals surface area (Å²) in [5.41, 5.74) is 14.1. The van der Waals surface area contributed by atoms with Crippen LogP contribution in [0, 0.1) is 27.7 Å². The van der Waals surface area contributed by atoms with Gasteiger partial charge in [-0.1, -0.05) is 37.9 Å². The van der Waals surface area contributed by atoms with Crippen LogP contribution in [0.4, 0.5) is 0 Å². The minimum Gasteiger partial charge on any atom is -0.320 e. The van der Waals surface area contributed by atoms with Crippen LogP contribution in [-0.2, 0) is 0 Å². The van der Waals surface area contributed by atoms with Crippen molar-refractivity contribution in [2.45, 2.75) is 33.7 Å². The summed E-state index contributed by atoms with van der Waals surface area (Å²) in [4.78, 5) is 0. The summed E-state index contributed by atoms with van der Waals surface area (Å²) in [6, 6.07) is 8.33. The summed E-state index contributed by atoms with van der Waals surface area (Å²) in [5, 5.41) is 0. The van der Waals surface area contributed by atoms with Gasteiger partial charge in [0.15, 0.2) is 0 Å². The predicted molar refractivity (Wildman–Crippen MR) is 93.3 cm³/mol. The molecule has 2 aromatic rings. The zero-order chi connectivity index (χ0) is 15.0. The van der Waals surface area contributed by atoms with E-state index in [1.54, 1.807) is 0 Å². The number of rotatable bonds is 2. The number of benzene rings is 2. The average molecular weight is 397 g/mol. The Bertz CT molecular complexity index is 616. The summed E-state index contributed by atoms with van der Waals surface area (Å²) in [5.74, 6) is 0. The first kappa shape index (κ1) is 15.7. The fraction of sp³-hybridized carbons (Fsp3) is 0.294. The Kier molecular flexibility index (Phi) is 4.73.